The lowest BCUT2D eigenvalue weighted by molar-refractivity contribution is 0.0701. The third kappa shape index (κ3) is 5.27. The van der Waals surface area contributed by atoms with Crippen molar-refractivity contribution < 1.29 is 9.90 Å². The topological polar surface area (TPSA) is 62.2 Å². The molecule has 18 heavy (non-hydrogen) atoms. The van der Waals surface area contributed by atoms with Gasteiger partial charge in [0.05, 0.1) is 5.69 Å². The third-order valence-corrected chi connectivity index (χ3v) is 4.34. The normalized spacial score (nSPS) is 10.6. The summed E-state index contributed by atoms with van der Waals surface area (Å²) in [6.45, 7) is 2.60. The largest absolute Gasteiger partial charge is 0.477 e. The van der Waals surface area contributed by atoms with Crippen molar-refractivity contribution in [3.05, 3.63) is 10.6 Å². The summed E-state index contributed by atoms with van der Waals surface area (Å²) in [5, 5.41) is 12.8. The SMILES string of the molecule is CSCCCCCCNc1nc(C)c(C(=O)O)s1. The van der Waals surface area contributed by atoms with Gasteiger partial charge >= 0.3 is 5.97 Å². The maximum atomic E-state index is 10.9. The molecule has 4 nitrogen and oxygen atoms in total. The molecule has 0 radical (unpaired) electrons. The molecule has 102 valence electrons. The van der Waals surface area contributed by atoms with Crippen molar-refractivity contribution >= 4 is 34.2 Å². The summed E-state index contributed by atoms with van der Waals surface area (Å²) in [6, 6.07) is 0. The van der Waals surface area contributed by atoms with E-state index in [4.69, 9.17) is 5.11 Å². The number of thioether (sulfide) groups is 1. The second-order valence-electron chi connectivity index (χ2n) is 4.07. The first kappa shape index (κ1) is 15.3. The number of anilines is 1. The number of aromatic nitrogens is 1. The number of thiazole rings is 1. The molecule has 0 amide bonds. The molecule has 0 aliphatic heterocycles. The highest BCUT2D eigenvalue weighted by Crippen LogP contribution is 2.22. The Bertz CT molecular complexity index is 380. The number of hydrogen-bond donors (Lipinski definition) is 2. The van der Waals surface area contributed by atoms with E-state index in [0.717, 1.165) is 13.0 Å². The average molecular weight is 288 g/mol. The number of nitrogens with zero attached hydrogens (tertiary/aromatic N) is 1. The van der Waals surface area contributed by atoms with Crippen molar-refractivity contribution in [2.24, 2.45) is 0 Å². The Morgan fingerprint density at radius 1 is 1.39 bits per heavy atom. The quantitative estimate of drug-likeness (QED) is 0.681. The van der Waals surface area contributed by atoms with Crippen molar-refractivity contribution in [1.29, 1.82) is 0 Å². The number of carboxylic acids is 1. The predicted molar refractivity (Wildman–Crippen MR) is 79.2 cm³/mol. The summed E-state index contributed by atoms with van der Waals surface area (Å²) in [4.78, 5) is 15.4. The zero-order valence-electron chi connectivity index (χ0n) is 10.9. The first-order valence-corrected chi connectivity index (χ1v) is 8.29. The Morgan fingerprint density at radius 2 is 2.11 bits per heavy atom. The molecule has 0 spiro atoms. The summed E-state index contributed by atoms with van der Waals surface area (Å²) in [5.41, 5.74) is 0.593. The molecule has 1 heterocycles. The molecule has 0 aliphatic carbocycles. The zero-order valence-corrected chi connectivity index (χ0v) is 12.5. The monoisotopic (exact) mass is 288 g/mol. The van der Waals surface area contributed by atoms with E-state index in [-0.39, 0.29) is 0 Å². The molecular formula is C12H20N2O2S2. The first-order chi connectivity index (χ1) is 8.65. The predicted octanol–water partition coefficient (Wildman–Crippen LogP) is 3.49. The molecule has 1 aromatic rings. The number of carboxylic acid groups (broad SMARTS) is 1. The summed E-state index contributed by atoms with van der Waals surface area (Å²) >= 11 is 3.10. The lowest BCUT2D eigenvalue weighted by Crippen LogP contribution is -2.00. The summed E-state index contributed by atoms with van der Waals surface area (Å²) in [6.07, 6.45) is 6.99. The van der Waals surface area contributed by atoms with Gasteiger partial charge in [0.2, 0.25) is 0 Å². The molecule has 0 aliphatic rings. The smallest absolute Gasteiger partial charge is 0.347 e. The highest BCUT2D eigenvalue weighted by atomic mass is 32.2. The molecule has 0 bridgehead atoms. The molecule has 0 aromatic carbocycles. The van der Waals surface area contributed by atoms with Gasteiger partial charge in [-0.1, -0.05) is 24.2 Å². The van der Waals surface area contributed by atoms with E-state index >= 15 is 0 Å². The molecule has 1 aromatic heterocycles. The number of nitrogens with one attached hydrogen (secondary N) is 1. The van der Waals surface area contributed by atoms with Gasteiger partial charge in [-0.25, -0.2) is 9.78 Å². The van der Waals surface area contributed by atoms with Gasteiger partial charge in [0, 0.05) is 6.54 Å². The van der Waals surface area contributed by atoms with Gasteiger partial charge in [-0.3, -0.25) is 0 Å². The summed E-state index contributed by atoms with van der Waals surface area (Å²) < 4.78 is 0. The lowest BCUT2D eigenvalue weighted by atomic mass is 10.2. The minimum absolute atomic E-state index is 0.331. The number of rotatable bonds is 9. The first-order valence-electron chi connectivity index (χ1n) is 6.08. The zero-order chi connectivity index (χ0) is 13.4. The van der Waals surface area contributed by atoms with Crippen LogP contribution in [-0.2, 0) is 0 Å². The van der Waals surface area contributed by atoms with E-state index in [9.17, 15) is 4.79 Å². The Kier molecular flexibility index (Phi) is 7.12. The fraction of sp³-hybridized carbons (Fsp3) is 0.667. The van der Waals surface area contributed by atoms with E-state index in [0.29, 0.717) is 15.7 Å². The second-order valence-corrected chi connectivity index (χ2v) is 6.06. The fourth-order valence-corrected chi connectivity index (χ4v) is 2.91. The van der Waals surface area contributed by atoms with Crippen LogP contribution in [0, 0.1) is 6.92 Å². The number of unbranched alkanes of at least 4 members (excludes halogenated alkanes) is 3. The standard InChI is InChI=1S/C12H20N2O2S2/c1-9-10(11(15)16)18-12(14-9)13-7-5-3-4-6-8-17-2/h3-8H2,1-2H3,(H,13,14)(H,15,16). The molecule has 0 atom stereocenters. The number of hydrogen-bond acceptors (Lipinski definition) is 5. The van der Waals surface area contributed by atoms with E-state index in [1.54, 1.807) is 6.92 Å². The molecule has 0 fully saturated rings. The van der Waals surface area contributed by atoms with Gasteiger partial charge < -0.3 is 10.4 Å². The highest BCUT2D eigenvalue weighted by molar-refractivity contribution is 7.98. The maximum absolute atomic E-state index is 10.9. The summed E-state index contributed by atoms with van der Waals surface area (Å²) in [5.74, 6) is 0.344. The van der Waals surface area contributed by atoms with Crippen LogP contribution in [0.25, 0.3) is 0 Å². The van der Waals surface area contributed by atoms with Gasteiger partial charge in [-0.2, -0.15) is 11.8 Å². The van der Waals surface area contributed by atoms with Crippen LogP contribution in [0.15, 0.2) is 0 Å². The van der Waals surface area contributed by atoms with E-state index in [2.05, 4.69) is 16.6 Å². The van der Waals surface area contributed by atoms with Crippen LogP contribution in [0.1, 0.15) is 41.0 Å². The minimum Gasteiger partial charge on any atom is -0.477 e. The Morgan fingerprint density at radius 3 is 2.72 bits per heavy atom. The van der Waals surface area contributed by atoms with Crippen molar-refractivity contribution in [3.63, 3.8) is 0 Å². The van der Waals surface area contributed by atoms with E-state index in [1.165, 1.54) is 36.4 Å². The van der Waals surface area contributed by atoms with Crippen molar-refractivity contribution in [3.8, 4) is 0 Å². The van der Waals surface area contributed by atoms with Crippen LogP contribution in [0.4, 0.5) is 5.13 Å². The highest BCUT2D eigenvalue weighted by Gasteiger charge is 2.13. The van der Waals surface area contributed by atoms with Gasteiger partial charge in [-0.15, -0.1) is 0 Å². The average Bonchev–Trinajstić information content (AvgIpc) is 2.69. The maximum Gasteiger partial charge on any atom is 0.347 e. The molecule has 2 N–H and O–H groups in total. The Hall–Kier alpha value is -0.750. The summed E-state index contributed by atoms with van der Waals surface area (Å²) in [7, 11) is 0. The van der Waals surface area contributed by atoms with Gasteiger partial charge in [0.25, 0.3) is 0 Å². The van der Waals surface area contributed by atoms with Gasteiger partial charge in [-0.05, 0) is 31.8 Å². The molecule has 0 unspecified atom stereocenters. The van der Waals surface area contributed by atoms with Crippen LogP contribution in [-0.4, -0.2) is 34.6 Å². The fourth-order valence-electron chi connectivity index (χ4n) is 1.59. The number of aromatic carboxylic acids is 1. The molecule has 1 rings (SSSR count). The minimum atomic E-state index is -0.893. The van der Waals surface area contributed by atoms with E-state index in [1.807, 2.05) is 11.8 Å². The molecule has 0 saturated carbocycles. The van der Waals surface area contributed by atoms with Crippen LogP contribution in [0.3, 0.4) is 0 Å². The van der Waals surface area contributed by atoms with E-state index < -0.39 is 5.97 Å². The number of carbonyl (C=O) groups is 1. The van der Waals surface area contributed by atoms with Crippen LogP contribution >= 0.6 is 23.1 Å². The molecule has 6 heteroatoms. The Labute approximate surface area is 116 Å². The van der Waals surface area contributed by atoms with Crippen molar-refractivity contribution in [2.45, 2.75) is 32.6 Å². The Balaban J connectivity index is 2.19. The van der Waals surface area contributed by atoms with Crippen molar-refractivity contribution in [1.82, 2.24) is 4.98 Å². The number of aryl methyl sites for hydroxylation is 1. The van der Waals surface area contributed by atoms with Crippen LogP contribution < -0.4 is 5.32 Å². The van der Waals surface area contributed by atoms with Crippen LogP contribution in [0.2, 0.25) is 0 Å². The third-order valence-electron chi connectivity index (χ3n) is 2.54. The molecular weight excluding hydrogens is 268 g/mol. The lowest BCUT2D eigenvalue weighted by Gasteiger charge is -2.02. The van der Waals surface area contributed by atoms with Gasteiger partial charge in [0.15, 0.2) is 5.13 Å². The van der Waals surface area contributed by atoms with Crippen LogP contribution in [0.5, 0.6) is 0 Å². The molecule has 0 saturated heterocycles. The van der Waals surface area contributed by atoms with Gasteiger partial charge in [0.1, 0.15) is 4.88 Å². The van der Waals surface area contributed by atoms with Crippen molar-refractivity contribution in [2.75, 3.05) is 23.9 Å². The second kappa shape index (κ2) is 8.37.